The van der Waals surface area contributed by atoms with E-state index < -0.39 is 3.79 Å². The van der Waals surface area contributed by atoms with E-state index >= 15 is 0 Å². The Morgan fingerprint density at radius 3 is 2.78 bits per heavy atom. The molecular weight excluding hydrogens is 444 g/mol. The minimum absolute atomic E-state index is 0.214. The van der Waals surface area contributed by atoms with Gasteiger partial charge >= 0.3 is 5.97 Å². The molecule has 0 saturated heterocycles. The van der Waals surface area contributed by atoms with Crippen molar-refractivity contribution >= 4 is 68.0 Å². The third-order valence-corrected chi connectivity index (χ3v) is 4.45. The number of aromatic nitrogens is 1. The van der Waals surface area contributed by atoms with E-state index in [2.05, 4.69) is 32.4 Å². The highest BCUT2D eigenvalue weighted by Crippen LogP contribution is 2.26. The first-order valence-electron chi connectivity index (χ1n) is 7.24. The van der Waals surface area contributed by atoms with Gasteiger partial charge < -0.3 is 4.74 Å². The maximum Gasteiger partial charge on any atom is 0.305 e. The third-order valence-electron chi connectivity index (χ3n) is 2.84. The van der Waals surface area contributed by atoms with E-state index in [0.717, 1.165) is 47.3 Å². The predicted molar refractivity (Wildman–Crippen MR) is 102 cm³/mol. The second-order valence-electron chi connectivity index (χ2n) is 5.05. The molecule has 0 saturated carbocycles. The van der Waals surface area contributed by atoms with E-state index in [1.807, 2.05) is 6.92 Å². The first kappa shape index (κ1) is 21.2. The monoisotopic (exact) mass is 461 g/mol. The van der Waals surface area contributed by atoms with Gasteiger partial charge in [-0.3, -0.25) is 4.79 Å². The van der Waals surface area contributed by atoms with Crippen molar-refractivity contribution in [2.45, 2.75) is 49.2 Å². The van der Waals surface area contributed by atoms with Crippen molar-refractivity contribution in [3.63, 3.8) is 0 Å². The molecule has 1 aromatic heterocycles. The zero-order chi connectivity index (χ0) is 17.3. The molecule has 1 aromatic rings. The fourth-order valence-corrected chi connectivity index (χ4v) is 3.02. The molecule has 0 aliphatic carbocycles. The number of carbonyl (C=O) groups excluding carboxylic acids is 1. The summed E-state index contributed by atoms with van der Waals surface area (Å²) in [6, 6.07) is 0. The van der Waals surface area contributed by atoms with Gasteiger partial charge in [0.25, 0.3) is 0 Å². The van der Waals surface area contributed by atoms with E-state index in [-0.39, 0.29) is 12.6 Å². The molecule has 0 aromatic carbocycles. The molecule has 0 aliphatic heterocycles. The van der Waals surface area contributed by atoms with Crippen LogP contribution >= 0.6 is 62.1 Å². The van der Waals surface area contributed by atoms with E-state index in [4.69, 9.17) is 39.5 Å². The second-order valence-corrected chi connectivity index (χ2v) is 9.75. The van der Waals surface area contributed by atoms with E-state index in [9.17, 15) is 4.79 Å². The Morgan fingerprint density at radius 1 is 1.39 bits per heavy atom. The largest absolute Gasteiger partial charge is 0.461 e. The van der Waals surface area contributed by atoms with Gasteiger partial charge in [-0.1, -0.05) is 56.8 Å². The SMILES string of the molecule is C/C(Br)=C\CCc1nc(CCCCC(=O)OCC(Cl)(Cl)Cl)cs1. The number of allylic oxidation sites excluding steroid dienone is 2. The Bertz CT molecular complexity index is 525. The maximum absolute atomic E-state index is 11.5. The number of hydrogen-bond donors (Lipinski definition) is 0. The fraction of sp³-hybridized carbons (Fsp3) is 0.600. The lowest BCUT2D eigenvalue weighted by Crippen LogP contribution is -2.17. The average Bonchev–Trinajstić information content (AvgIpc) is 2.88. The van der Waals surface area contributed by atoms with Crippen LogP contribution in [0.2, 0.25) is 0 Å². The van der Waals surface area contributed by atoms with Gasteiger partial charge in [-0.25, -0.2) is 4.98 Å². The molecule has 0 radical (unpaired) electrons. The highest BCUT2D eigenvalue weighted by Gasteiger charge is 2.21. The summed E-state index contributed by atoms with van der Waals surface area (Å²) in [7, 11) is 0. The number of carbonyl (C=O) groups is 1. The van der Waals surface area contributed by atoms with E-state index in [1.54, 1.807) is 11.3 Å². The summed E-state index contributed by atoms with van der Waals surface area (Å²) in [5.41, 5.74) is 1.08. The molecule has 0 aliphatic rings. The maximum atomic E-state index is 11.5. The van der Waals surface area contributed by atoms with Gasteiger partial charge in [0.2, 0.25) is 3.79 Å². The number of nitrogens with zero attached hydrogens (tertiary/aromatic N) is 1. The number of halogens is 4. The highest BCUT2D eigenvalue weighted by molar-refractivity contribution is 9.11. The van der Waals surface area contributed by atoms with Gasteiger partial charge in [-0.2, -0.15) is 0 Å². The van der Waals surface area contributed by atoms with Crippen LogP contribution in [0.25, 0.3) is 0 Å². The summed E-state index contributed by atoms with van der Waals surface area (Å²) >= 11 is 21.6. The summed E-state index contributed by atoms with van der Waals surface area (Å²) in [6.45, 7) is 1.81. The Kier molecular flexibility index (Phi) is 10.1. The van der Waals surface area contributed by atoms with Crippen LogP contribution in [0.4, 0.5) is 0 Å². The van der Waals surface area contributed by atoms with E-state index in [0.29, 0.717) is 6.42 Å². The Balaban J connectivity index is 2.17. The van der Waals surface area contributed by atoms with Crippen LogP contribution in [0.5, 0.6) is 0 Å². The number of esters is 1. The Hall–Kier alpha value is 0.190. The zero-order valence-corrected chi connectivity index (χ0v) is 17.5. The molecule has 1 heterocycles. The molecule has 1 rings (SSSR count). The van der Waals surface area contributed by atoms with Crippen molar-refractivity contribution in [2.75, 3.05) is 6.61 Å². The van der Waals surface area contributed by atoms with Gasteiger partial charge in [0, 0.05) is 18.2 Å². The topological polar surface area (TPSA) is 39.2 Å². The van der Waals surface area contributed by atoms with Crippen LogP contribution in [0.1, 0.15) is 43.3 Å². The fourth-order valence-electron chi connectivity index (χ4n) is 1.78. The molecule has 3 nitrogen and oxygen atoms in total. The van der Waals surface area contributed by atoms with E-state index in [1.165, 1.54) is 0 Å². The summed E-state index contributed by atoms with van der Waals surface area (Å²) in [6.07, 6.45) is 6.89. The van der Waals surface area contributed by atoms with Gasteiger partial charge in [0.05, 0.1) is 10.7 Å². The minimum atomic E-state index is -1.55. The molecule has 8 heteroatoms. The quantitative estimate of drug-likeness (QED) is 0.256. The number of thiazole rings is 1. The van der Waals surface area contributed by atoms with Crippen molar-refractivity contribution in [3.8, 4) is 0 Å². The van der Waals surface area contributed by atoms with Crippen LogP contribution in [-0.4, -0.2) is 21.4 Å². The van der Waals surface area contributed by atoms with Crippen LogP contribution in [0.3, 0.4) is 0 Å². The Labute approximate surface area is 164 Å². The third kappa shape index (κ3) is 11.4. The number of ether oxygens (including phenoxy) is 1. The first-order valence-corrected chi connectivity index (χ1v) is 10.0. The lowest BCUT2D eigenvalue weighted by atomic mass is 10.1. The van der Waals surface area contributed by atoms with Gasteiger partial charge in [0.15, 0.2) is 0 Å². The lowest BCUT2D eigenvalue weighted by Gasteiger charge is -2.10. The molecule has 0 spiro atoms. The van der Waals surface area contributed by atoms with Crippen LogP contribution in [0, 0.1) is 0 Å². The van der Waals surface area contributed by atoms with Crippen LogP contribution < -0.4 is 0 Å². The molecule has 0 N–H and O–H groups in total. The van der Waals surface area contributed by atoms with Crippen molar-refractivity contribution in [2.24, 2.45) is 0 Å². The summed E-state index contributed by atoms with van der Waals surface area (Å²) in [4.78, 5) is 16.1. The molecule has 0 unspecified atom stereocenters. The second kappa shape index (κ2) is 10.9. The molecule has 130 valence electrons. The first-order chi connectivity index (χ1) is 10.8. The molecule has 0 fully saturated rings. The van der Waals surface area contributed by atoms with Crippen molar-refractivity contribution in [3.05, 3.63) is 26.6 Å². The molecule has 0 atom stereocenters. The van der Waals surface area contributed by atoms with Crippen molar-refractivity contribution in [1.29, 1.82) is 0 Å². The number of alkyl halides is 3. The molecule has 0 bridgehead atoms. The molecular formula is C15H19BrCl3NO2S. The standard InChI is InChI=1S/C15H19BrCl3NO2S/c1-11(16)5-4-7-13-20-12(9-23-13)6-2-3-8-14(21)22-10-15(17,18)19/h5,9H,2-4,6-8,10H2,1H3/b11-5+. The normalized spacial score (nSPS) is 12.5. The van der Waals surface area contributed by atoms with Gasteiger partial charge in [-0.05, 0) is 37.1 Å². The van der Waals surface area contributed by atoms with Crippen molar-refractivity contribution < 1.29 is 9.53 Å². The number of hydrogen-bond acceptors (Lipinski definition) is 4. The number of rotatable bonds is 9. The minimum Gasteiger partial charge on any atom is -0.461 e. The Morgan fingerprint density at radius 2 is 2.13 bits per heavy atom. The summed E-state index contributed by atoms with van der Waals surface area (Å²) in [5.74, 6) is -0.341. The lowest BCUT2D eigenvalue weighted by molar-refractivity contribution is -0.143. The highest BCUT2D eigenvalue weighted by atomic mass is 79.9. The molecule has 0 amide bonds. The summed E-state index contributed by atoms with van der Waals surface area (Å²) < 4.78 is 4.47. The van der Waals surface area contributed by atoms with Crippen LogP contribution in [0.15, 0.2) is 15.9 Å². The predicted octanol–water partition coefficient (Wildman–Crippen LogP) is 6.00. The molecule has 23 heavy (non-hydrogen) atoms. The smallest absolute Gasteiger partial charge is 0.305 e. The zero-order valence-electron chi connectivity index (χ0n) is 12.8. The summed E-state index contributed by atoms with van der Waals surface area (Å²) in [5, 5.41) is 3.23. The number of unbranched alkanes of at least 4 members (excludes halogenated alkanes) is 1. The van der Waals surface area contributed by atoms with Crippen LogP contribution in [-0.2, 0) is 22.4 Å². The van der Waals surface area contributed by atoms with Crippen molar-refractivity contribution in [1.82, 2.24) is 4.98 Å². The van der Waals surface area contributed by atoms with Gasteiger partial charge in [0.1, 0.15) is 6.61 Å². The van der Waals surface area contributed by atoms with Gasteiger partial charge in [-0.15, -0.1) is 11.3 Å². The average molecular weight is 464 g/mol. The number of aryl methyl sites for hydroxylation is 2.